The average Bonchev–Trinajstić information content (AvgIpc) is 3.07. The fourth-order valence-electron chi connectivity index (χ4n) is 4.50. The molecule has 2 aliphatic rings. The molecule has 3 heterocycles. The summed E-state index contributed by atoms with van der Waals surface area (Å²) in [7, 11) is 0. The van der Waals surface area contributed by atoms with E-state index in [1.807, 2.05) is 6.07 Å². The molecule has 0 bridgehead atoms. The summed E-state index contributed by atoms with van der Waals surface area (Å²) in [6.45, 7) is 9.00. The first kappa shape index (κ1) is 18.0. The van der Waals surface area contributed by atoms with Gasteiger partial charge in [0.1, 0.15) is 11.8 Å². The van der Waals surface area contributed by atoms with E-state index in [1.165, 1.54) is 0 Å². The molecule has 138 valence electrons. The molecule has 2 aliphatic heterocycles. The Kier molecular flexibility index (Phi) is 4.66. The van der Waals surface area contributed by atoms with Crippen LogP contribution in [0.1, 0.15) is 59.1 Å². The summed E-state index contributed by atoms with van der Waals surface area (Å²) < 4.78 is 5.34. The lowest BCUT2D eigenvalue weighted by molar-refractivity contribution is -0.136. The minimum Gasteiger partial charge on any atom is -0.467 e. The van der Waals surface area contributed by atoms with Gasteiger partial charge in [0, 0.05) is 23.5 Å². The normalized spacial score (nSPS) is 26.0. The molecule has 3 rings (SSSR count). The first-order chi connectivity index (χ1) is 11.7. The van der Waals surface area contributed by atoms with E-state index in [1.54, 1.807) is 17.2 Å². The monoisotopic (exact) mass is 347 g/mol. The van der Waals surface area contributed by atoms with Gasteiger partial charge >= 0.3 is 0 Å². The molecule has 2 N–H and O–H groups in total. The number of piperidine rings is 1. The Hall–Kier alpha value is -1.82. The predicted molar refractivity (Wildman–Crippen MR) is 94.7 cm³/mol. The second-order valence-electron chi connectivity index (χ2n) is 8.66. The molecule has 2 fully saturated rings. The first-order valence-corrected chi connectivity index (χ1v) is 9.07. The number of amides is 2. The zero-order chi connectivity index (χ0) is 18.2. The van der Waals surface area contributed by atoms with Crippen molar-refractivity contribution in [2.45, 2.75) is 83.1 Å². The summed E-state index contributed by atoms with van der Waals surface area (Å²) in [5.41, 5.74) is -0.0574. The van der Waals surface area contributed by atoms with Crippen molar-refractivity contribution >= 4 is 11.8 Å². The SMILES string of the molecule is CC1(C)CC(NC(=O)[C@H]2CCC(=O)N2Cc2ccco2)CC(C)(C)N1. The number of nitrogens with one attached hydrogen (secondary N) is 2. The minimum atomic E-state index is -0.404. The van der Waals surface area contributed by atoms with Crippen LogP contribution in [0.3, 0.4) is 0 Å². The highest BCUT2D eigenvalue weighted by molar-refractivity contribution is 5.91. The standard InChI is InChI=1S/C19H29N3O3/c1-18(2)10-13(11-19(3,4)21-18)20-17(24)15-7-8-16(23)22(15)12-14-6-5-9-25-14/h5-6,9,13,15,21H,7-8,10-12H2,1-4H3,(H,20,24)/t15-/m1/s1. The summed E-state index contributed by atoms with van der Waals surface area (Å²) in [5, 5.41) is 6.82. The van der Waals surface area contributed by atoms with Gasteiger partial charge in [-0.3, -0.25) is 9.59 Å². The number of hydrogen-bond donors (Lipinski definition) is 2. The zero-order valence-corrected chi connectivity index (χ0v) is 15.6. The molecule has 0 unspecified atom stereocenters. The first-order valence-electron chi connectivity index (χ1n) is 9.07. The van der Waals surface area contributed by atoms with Crippen LogP contribution in [0.15, 0.2) is 22.8 Å². The molecule has 1 aromatic heterocycles. The fraction of sp³-hybridized carbons (Fsp3) is 0.684. The molecule has 0 saturated carbocycles. The number of carbonyl (C=O) groups excluding carboxylic acids is 2. The Bertz CT molecular complexity index is 620. The molecule has 25 heavy (non-hydrogen) atoms. The van der Waals surface area contributed by atoms with Crippen LogP contribution in [0, 0.1) is 0 Å². The maximum absolute atomic E-state index is 12.9. The lowest BCUT2D eigenvalue weighted by Gasteiger charge is -2.46. The Labute approximate surface area is 149 Å². The van der Waals surface area contributed by atoms with Gasteiger partial charge in [-0.2, -0.15) is 0 Å². The van der Waals surface area contributed by atoms with E-state index in [0.29, 0.717) is 25.1 Å². The zero-order valence-electron chi connectivity index (χ0n) is 15.6. The van der Waals surface area contributed by atoms with Crippen LogP contribution < -0.4 is 10.6 Å². The van der Waals surface area contributed by atoms with Crippen LogP contribution in [0.2, 0.25) is 0 Å². The highest BCUT2D eigenvalue weighted by Crippen LogP contribution is 2.29. The van der Waals surface area contributed by atoms with E-state index >= 15 is 0 Å². The van der Waals surface area contributed by atoms with Crippen LogP contribution in [0.25, 0.3) is 0 Å². The maximum atomic E-state index is 12.9. The number of hydrogen-bond acceptors (Lipinski definition) is 4. The van der Waals surface area contributed by atoms with E-state index < -0.39 is 6.04 Å². The predicted octanol–water partition coefficient (Wildman–Crippen LogP) is 2.20. The van der Waals surface area contributed by atoms with E-state index in [9.17, 15) is 9.59 Å². The van der Waals surface area contributed by atoms with Gasteiger partial charge in [-0.25, -0.2) is 0 Å². The molecule has 6 heteroatoms. The van der Waals surface area contributed by atoms with Crippen LogP contribution in [0.5, 0.6) is 0 Å². The molecule has 6 nitrogen and oxygen atoms in total. The quantitative estimate of drug-likeness (QED) is 0.876. The summed E-state index contributed by atoms with van der Waals surface area (Å²) in [4.78, 5) is 26.7. The molecular weight excluding hydrogens is 318 g/mol. The van der Waals surface area contributed by atoms with Crippen LogP contribution in [-0.4, -0.2) is 39.9 Å². The Morgan fingerprint density at radius 2 is 2.00 bits per heavy atom. The fourth-order valence-corrected chi connectivity index (χ4v) is 4.50. The van der Waals surface area contributed by atoms with Gasteiger partial charge in [0.2, 0.25) is 11.8 Å². The highest BCUT2D eigenvalue weighted by atomic mass is 16.3. The van der Waals surface area contributed by atoms with Crippen molar-refractivity contribution in [2.75, 3.05) is 0 Å². The average molecular weight is 347 g/mol. The summed E-state index contributed by atoms with van der Waals surface area (Å²) in [5.74, 6) is 0.676. The van der Waals surface area contributed by atoms with Gasteiger partial charge in [-0.15, -0.1) is 0 Å². The van der Waals surface area contributed by atoms with Crippen molar-refractivity contribution in [3.05, 3.63) is 24.2 Å². The van der Waals surface area contributed by atoms with Crippen molar-refractivity contribution in [2.24, 2.45) is 0 Å². The third-order valence-corrected chi connectivity index (χ3v) is 5.07. The highest BCUT2D eigenvalue weighted by Gasteiger charge is 2.41. The van der Waals surface area contributed by atoms with Gasteiger partial charge in [0.05, 0.1) is 12.8 Å². The molecular formula is C19H29N3O3. The number of nitrogens with zero attached hydrogens (tertiary/aromatic N) is 1. The molecule has 0 aliphatic carbocycles. The van der Waals surface area contributed by atoms with Crippen molar-refractivity contribution in [3.8, 4) is 0 Å². The lowest BCUT2D eigenvalue weighted by Crippen LogP contribution is -2.63. The largest absolute Gasteiger partial charge is 0.467 e. The molecule has 1 aromatic rings. The molecule has 0 radical (unpaired) electrons. The number of carbonyl (C=O) groups is 2. The molecule has 2 amide bonds. The lowest BCUT2D eigenvalue weighted by atomic mass is 9.79. The molecule has 0 aromatic carbocycles. The third-order valence-electron chi connectivity index (χ3n) is 5.07. The van der Waals surface area contributed by atoms with Gasteiger partial charge in [0.25, 0.3) is 0 Å². The van der Waals surface area contributed by atoms with Crippen LogP contribution in [-0.2, 0) is 16.1 Å². The van der Waals surface area contributed by atoms with Gasteiger partial charge in [-0.05, 0) is 59.1 Å². The molecule has 2 saturated heterocycles. The van der Waals surface area contributed by atoms with E-state index in [2.05, 4.69) is 38.3 Å². The van der Waals surface area contributed by atoms with E-state index in [0.717, 1.165) is 12.8 Å². The number of rotatable bonds is 4. The Morgan fingerprint density at radius 1 is 1.32 bits per heavy atom. The van der Waals surface area contributed by atoms with Crippen LogP contribution in [0.4, 0.5) is 0 Å². The third kappa shape index (κ3) is 4.24. The van der Waals surface area contributed by atoms with Gasteiger partial charge < -0.3 is 20.0 Å². The van der Waals surface area contributed by atoms with Crippen molar-refractivity contribution in [3.63, 3.8) is 0 Å². The number of furan rings is 1. The topological polar surface area (TPSA) is 74.6 Å². The van der Waals surface area contributed by atoms with Gasteiger partial charge in [0.15, 0.2) is 0 Å². The smallest absolute Gasteiger partial charge is 0.243 e. The Balaban J connectivity index is 1.66. The molecule has 1 atom stereocenters. The minimum absolute atomic E-state index is 0.0162. The maximum Gasteiger partial charge on any atom is 0.243 e. The summed E-state index contributed by atoms with van der Waals surface area (Å²) >= 11 is 0. The summed E-state index contributed by atoms with van der Waals surface area (Å²) in [6, 6.07) is 3.33. The van der Waals surface area contributed by atoms with Crippen LogP contribution >= 0.6 is 0 Å². The molecule has 0 spiro atoms. The van der Waals surface area contributed by atoms with Crippen molar-refractivity contribution < 1.29 is 14.0 Å². The Morgan fingerprint density at radius 3 is 2.60 bits per heavy atom. The van der Waals surface area contributed by atoms with E-state index in [-0.39, 0.29) is 28.9 Å². The second-order valence-corrected chi connectivity index (χ2v) is 8.66. The van der Waals surface area contributed by atoms with Gasteiger partial charge in [-0.1, -0.05) is 0 Å². The van der Waals surface area contributed by atoms with Crippen molar-refractivity contribution in [1.29, 1.82) is 0 Å². The van der Waals surface area contributed by atoms with E-state index in [4.69, 9.17) is 4.42 Å². The number of likely N-dealkylation sites (tertiary alicyclic amines) is 1. The van der Waals surface area contributed by atoms with Crippen molar-refractivity contribution in [1.82, 2.24) is 15.5 Å². The second kappa shape index (κ2) is 6.48. The summed E-state index contributed by atoms with van der Waals surface area (Å²) in [6.07, 6.45) is 4.33.